The number of hydrogen-bond acceptors (Lipinski definition) is 2. The molecule has 1 aliphatic rings. The summed E-state index contributed by atoms with van der Waals surface area (Å²) in [7, 11) is 0. The van der Waals surface area contributed by atoms with Crippen molar-refractivity contribution in [3.05, 3.63) is 30.1 Å². The first kappa shape index (κ1) is 11.6. The van der Waals surface area contributed by atoms with E-state index in [2.05, 4.69) is 43.2 Å². The minimum atomic E-state index is 0.391. The molecule has 0 radical (unpaired) electrons. The Hall–Kier alpha value is -0.890. The van der Waals surface area contributed by atoms with E-state index in [0.29, 0.717) is 11.5 Å². The molecule has 1 aliphatic carbocycles. The lowest BCUT2D eigenvalue weighted by atomic mass is 9.93. The number of pyridine rings is 1. The molecular weight excluding hydrogens is 196 g/mol. The maximum Gasteiger partial charge on any atom is 0.0270 e. The van der Waals surface area contributed by atoms with E-state index in [4.69, 9.17) is 0 Å². The van der Waals surface area contributed by atoms with E-state index in [-0.39, 0.29) is 0 Å². The van der Waals surface area contributed by atoms with Gasteiger partial charge < -0.3 is 5.32 Å². The van der Waals surface area contributed by atoms with Crippen LogP contribution in [0.4, 0.5) is 0 Å². The third-order valence-corrected chi connectivity index (χ3v) is 3.81. The van der Waals surface area contributed by atoms with Gasteiger partial charge in [-0.15, -0.1) is 0 Å². The summed E-state index contributed by atoms with van der Waals surface area (Å²) in [6.07, 6.45) is 6.43. The van der Waals surface area contributed by atoms with Crippen LogP contribution in [-0.2, 0) is 5.41 Å². The molecule has 2 unspecified atom stereocenters. The van der Waals surface area contributed by atoms with Crippen molar-refractivity contribution >= 4 is 0 Å². The molecular formula is C14H22N2. The zero-order valence-electron chi connectivity index (χ0n) is 10.5. The molecule has 0 aliphatic heterocycles. The Labute approximate surface area is 98.5 Å². The van der Waals surface area contributed by atoms with Gasteiger partial charge in [0.15, 0.2) is 0 Å². The molecule has 0 amide bonds. The van der Waals surface area contributed by atoms with Crippen LogP contribution in [0.25, 0.3) is 0 Å². The van der Waals surface area contributed by atoms with E-state index in [1.165, 1.54) is 18.4 Å². The largest absolute Gasteiger partial charge is 0.314 e. The maximum atomic E-state index is 4.11. The molecule has 1 N–H and O–H groups in total. The average Bonchev–Trinajstić information content (AvgIpc) is 3.03. The highest BCUT2D eigenvalue weighted by Gasteiger charge is 2.53. The van der Waals surface area contributed by atoms with E-state index in [1.54, 1.807) is 0 Å². The van der Waals surface area contributed by atoms with Gasteiger partial charge in [-0.1, -0.05) is 27.2 Å². The summed E-state index contributed by atoms with van der Waals surface area (Å²) in [5.41, 5.74) is 1.85. The van der Waals surface area contributed by atoms with Crippen molar-refractivity contribution in [2.75, 3.05) is 6.54 Å². The van der Waals surface area contributed by atoms with Crippen molar-refractivity contribution in [3.8, 4) is 0 Å². The zero-order chi connectivity index (χ0) is 11.6. The summed E-state index contributed by atoms with van der Waals surface area (Å²) in [6, 6.07) is 4.92. The van der Waals surface area contributed by atoms with Crippen molar-refractivity contribution < 1.29 is 0 Å². The van der Waals surface area contributed by atoms with Crippen molar-refractivity contribution in [2.45, 2.75) is 45.1 Å². The fourth-order valence-corrected chi connectivity index (χ4v) is 2.66. The lowest BCUT2D eigenvalue weighted by Gasteiger charge is -2.20. The molecule has 0 saturated heterocycles. The number of nitrogens with one attached hydrogen (secondary N) is 1. The second-order valence-corrected chi connectivity index (χ2v) is 5.24. The Kier molecular flexibility index (Phi) is 3.29. The lowest BCUT2D eigenvalue weighted by molar-refractivity contribution is 0.487. The molecule has 88 valence electrons. The highest BCUT2D eigenvalue weighted by molar-refractivity contribution is 5.32. The number of rotatable bonds is 5. The molecule has 1 aromatic heterocycles. The molecule has 1 heterocycles. The standard InChI is InChI=1S/C14H22N2/c1-4-12-9-14(12,10-16-11(2)3)13-5-7-15-8-6-13/h5-8,11-12,16H,4,9-10H2,1-3H3. The van der Waals surface area contributed by atoms with Gasteiger partial charge >= 0.3 is 0 Å². The third-order valence-electron chi connectivity index (χ3n) is 3.81. The quantitative estimate of drug-likeness (QED) is 0.822. The van der Waals surface area contributed by atoms with Gasteiger partial charge in [-0.3, -0.25) is 4.98 Å². The van der Waals surface area contributed by atoms with E-state index in [9.17, 15) is 0 Å². The lowest BCUT2D eigenvalue weighted by Crippen LogP contribution is -2.33. The van der Waals surface area contributed by atoms with Gasteiger partial charge in [0.25, 0.3) is 0 Å². The molecule has 0 spiro atoms. The van der Waals surface area contributed by atoms with Crippen LogP contribution in [-0.4, -0.2) is 17.6 Å². The van der Waals surface area contributed by atoms with Crippen molar-refractivity contribution in [3.63, 3.8) is 0 Å². The number of hydrogen-bond donors (Lipinski definition) is 1. The van der Waals surface area contributed by atoms with E-state index in [1.807, 2.05) is 12.4 Å². The van der Waals surface area contributed by atoms with Crippen LogP contribution in [0.2, 0.25) is 0 Å². The second kappa shape index (κ2) is 4.54. The number of aromatic nitrogens is 1. The minimum Gasteiger partial charge on any atom is -0.314 e. The number of nitrogens with zero attached hydrogens (tertiary/aromatic N) is 1. The van der Waals surface area contributed by atoms with Crippen LogP contribution in [0.3, 0.4) is 0 Å². The summed E-state index contributed by atoms with van der Waals surface area (Å²) in [6.45, 7) is 7.82. The van der Waals surface area contributed by atoms with Crippen LogP contribution in [0.15, 0.2) is 24.5 Å². The predicted octanol–water partition coefficient (Wildman–Crippen LogP) is 2.75. The molecule has 2 nitrogen and oxygen atoms in total. The summed E-state index contributed by atoms with van der Waals surface area (Å²) < 4.78 is 0. The summed E-state index contributed by atoms with van der Waals surface area (Å²) in [5, 5.41) is 3.59. The molecule has 0 bridgehead atoms. The van der Waals surface area contributed by atoms with Gasteiger partial charge in [-0.05, 0) is 30.0 Å². The molecule has 1 saturated carbocycles. The van der Waals surface area contributed by atoms with Crippen LogP contribution >= 0.6 is 0 Å². The Morgan fingerprint density at radius 1 is 1.44 bits per heavy atom. The van der Waals surface area contributed by atoms with Gasteiger partial charge in [-0.25, -0.2) is 0 Å². The van der Waals surface area contributed by atoms with Crippen LogP contribution in [0.1, 0.15) is 39.2 Å². The molecule has 1 aromatic rings. The highest BCUT2D eigenvalue weighted by atomic mass is 14.9. The smallest absolute Gasteiger partial charge is 0.0270 e. The van der Waals surface area contributed by atoms with Gasteiger partial charge in [-0.2, -0.15) is 0 Å². The van der Waals surface area contributed by atoms with E-state index >= 15 is 0 Å². The van der Waals surface area contributed by atoms with Crippen molar-refractivity contribution in [1.29, 1.82) is 0 Å². The zero-order valence-corrected chi connectivity index (χ0v) is 10.5. The van der Waals surface area contributed by atoms with Gasteiger partial charge in [0.05, 0.1) is 0 Å². The Morgan fingerprint density at radius 2 is 2.12 bits per heavy atom. The molecule has 0 aromatic carbocycles. The molecule has 1 fully saturated rings. The molecule has 2 heteroatoms. The highest BCUT2D eigenvalue weighted by Crippen LogP contribution is 2.55. The van der Waals surface area contributed by atoms with Gasteiger partial charge in [0, 0.05) is 30.4 Å². The first-order valence-corrected chi connectivity index (χ1v) is 6.33. The third kappa shape index (κ3) is 2.12. The topological polar surface area (TPSA) is 24.9 Å². The Morgan fingerprint density at radius 3 is 2.62 bits per heavy atom. The fraction of sp³-hybridized carbons (Fsp3) is 0.643. The second-order valence-electron chi connectivity index (χ2n) is 5.24. The normalized spacial score (nSPS) is 28.4. The average molecular weight is 218 g/mol. The van der Waals surface area contributed by atoms with Crippen LogP contribution in [0, 0.1) is 5.92 Å². The Bertz CT molecular complexity index is 334. The van der Waals surface area contributed by atoms with Crippen LogP contribution in [0.5, 0.6) is 0 Å². The first-order valence-electron chi connectivity index (χ1n) is 6.33. The van der Waals surface area contributed by atoms with E-state index < -0.39 is 0 Å². The fourth-order valence-electron chi connectivity index (χ4n) is 2.66. The maximum absolute atomic E-state index is 4.11. The monoisotopic (exact) mass is 218 g/mol. The molecule has 16 heavy (non-hydrogen) atoms. The molecule has 2 atom stereocenters. The van der Waals surface area contributed by atoms with Crippen LogP contribution < -0.4 is 5.32 Å². The minimum absolute atomic E-state index is 0.391. The van der Waals surface area contributed by atoms with E-state index in [0.717, 1.165) is 12.5 Å². The summed E-state index contributed by atoms with van der Waals surface area (Å²) in [4.78, 5) is 4.11. The SMILES string of the molecule is CCC1CC1(CNC(C)C)c1ccncc1. The Balaban J connectivity index is 2.12. The van der Waals surface area contributed by atoms with Gasteiger partial charge in [0.1, 0.15) is 0 Å². The van der Waals surface area contributed by atoms with Gasteiger partial charge in [0.2, 0.25) is 0 Å². The first-order chi connectivity index (χ1) is 7.69. The van der Waals surface area contributed by atoms with Crippen molar-refractivity contribution in [1.82, 2.24) is 10.3 Å². The summed E-state index contributed by atoms with van der Waals surface area (Å²) in [5.74, 6) is 0.848. The predicted molar refractivity (Wildman–Crippen MR) is 67.5 cm³/mol. The summed E-state index contributed by atoms with van der Waals surface area (Å²) >= 11 is 0. The molecule has 2 rings (SSSR count). The van der Waals surface area contributed by atoms with Crippen molar-refractivity contribution in [2.24, 2.45) is 5.92 Å².